The molecule has 0 bridgehead atoms. The fourth-order valence-electron chi connectivity index (χ4n) is 3.12. The Morgan fingerprint density at radius 3 is 2.30 bits per heavy atom. The maximum Gasteiger partial charge on any atom is 0.125 e. The number of ether oxygens (including phenoxy) is 1. The van der Waals surface area contributed by atoms with E-state index in [1.165, 1.54) is 0 Å². The number of phenols is 2. The Kier molecular flexibility index (Phi) is 3.94. The third kappa shape index (κ3) is 2.53. The number of hydrogen-bond donors (Lipinski definition) is 2. The fourth-order valence-corrected chi connectivity index (χ4v) is 3.48. The van der Waals surface area contributed by atoms with Gasteiger partial charge in [0.05, 0.1) is 7.11 Å². The molecular weight excluding hydrogens is 356 g/mol. The lowest BCUT2D eigenvalue weighted by Crippen LogP contribution is -1.95. The number of halogens is 1. The van der Waals surface area contributed by atoms with Gasteiger partial charge in [-0.1, -0.05) is 28.1 Å². The van der Waals surface area contributed by atoms with Crippen molar-refractivity contribution >= 4 is 26.7 Å². The van der Waals surface area contributed by atoms with E-state index in [9.17, 15) is 10.2 Å². The van der Waals surface area contributed by atoms with E-state index in [1.54, 1.807) is 19.2 Å². The molecule has 0 aliphatic heterocycles. The van der Waals surface area contributed by atoms with Gasteiger partial charge in [-0.15, -0.1) is 0 Å². The van der Waals surface area contributed by atoms with Crippen molar-refractivity contribution < 1.29 is 14.9 Å². The number of rotatable bonds is 2. The zero-order valence-electron chi connectivity index (χ0n) is 13.1. The Hall–Kier alpha value is -2.20. The standard InChI is InChI=1S/C19H17BrO3/c1-10-8-16(22)17(11(2)19(10)23-3)18-14-9-13(20)6-4-12(14)5-7-15(18)21/h4-9,21-22H,1-3H3. The molecule has 3 aromatic rings. The largest absolute Gasteiger partial charge is 0.507 e. The maximum absolute atomic E-state index is 10.5. The van der Waals surface area contributed by atoms with Crippen molar-refractivity contribution in [2.45, 2.75) is 13.8 Å². The molecule has 0 unspecified atom stereocenters. The first-order chi connectivity index (χ1) is 10.9. The van der Waals surface area contributed by atoms with Crippen LogP contribution < -0.4 is 4.74 Å². The number of aromatic hydroxyl groups is 2. The van der Waals surface area contributed by atoms with E-state index in [0.29, 0.717) is 16.9 Å². The second kappa shape index (κ2) is 5.78. The summed E-state index contributed by atoms with van der Waals surface area (Å²) in [7, 11) is 1.61. The molecule has 0 heterocycles. The molecule has 0 fully saturated rings. The molecule has 4 heteroatoms. The monoisotopic (exact) mass is 372 g/mol. The first-order valence-corrected chi connectivity index (χ1v) is 8.02. The van der Waals surface area contributed by atoms with E-state index in [0.717, 1.165) is 26.4 Å². The summed E-state index contributed by atoms with van der Waals surface area (Å²) in [5, 5.41) is 22.8. The summed E-state index contributed by atoms with van der Waals surface area (Å²) < 4.78 is 6.38. The number of methoxy groups -OCH3 is 1. The summed E-state index contributed by atoms with van der Waals surface area (Å²) in [6.45, 7) is 3.77. The molecule has 23 heavy (non-hydrogen) atoms. The molecule has 0 saturated heterocycles. The van der Waals surface area contributed by atoms with Crippen LogP contribution in [-0.4, -0.2) is 17.3 Å². The van der Waals surface area contributed by atoms with Crippen LogP contribution >= 0.6 is 15.9 Å². The quantitative estimate of drug-likeness (QED) is 0.640. The van der Waals surface area contributed by atoms with E-state index in [1.807, 2.05) is 38.1 Å². The summed E-state index contributed by atoms with van der Waals surface area (Å²) in [5.74, 6) is 0.965. The highest BCUT2D eigenvalue weighted by molar-refractivity contribution is 9.10. The second-order valence-corrected chi connectivity index (χ2v) is 6.49. The molecular formula is C19H17BrO3. The van der Waals surface area contributed by atoms with Gasteiger partial charge in [-0.25, -0.2) is 0 Å². The molecule has 0 aromatic heterocycles. The molecule has 0 aliphatic rings. The molecule has 118 valence electrons. The van der Waals surface area contributed by atoms with Gasteiger partial charge in [0.15, 0.2) is 0 Å². The van der Waals surface area contributed by atoms with Crippen molar-refractivity contribution in [3.8, 4) is 28.4 Å². The Morgan fingerprint density at radius 1 is 0.913 bits per heavy atom. The van der Waals surface area contributed by atoms with Gasteiger partial charge in [-0.05, 0) is 54.4 Å². The highest BCUT2D eigenvalue weighted by Crippen LogP contribution is 2.46. The number of hydrogen-bond acceptors (Lipinski definition) is 3. The Morgan fingerprint density at radius 2 is 1.61 bits per heavy atom. The van der Waals surface area contributed by atoms with Crippen molar-refractivity contribution in [3.05, 3.63) is 52.0 Å². The summed E-state index contributed by atoms with van der Waals surface area (Å²) in [6.07, 6.45) is 0. The van der Waals surface area contributed by atoms with Crippen LogP contribution in [0.25, 0.3) is 21.9 Å². The molecule has 0 aliphatic carbocycles. The van der Waals surface area contributed by atoms with E-state index < -0.39 is 0 Å². The molecule has 0 amide bonds. The van der Waals surface area contributed by atoms with Gasteiger partial charge in [-0.3, -0.25) is 0 Å². The lowest BCUT2D eigenvalue weighted by molar-refractivity contribution is 0.406. The van der Waals surface area contributed by atoms with Crippen LogP contribution in [0.2, 0.25) is 0 Å². The molecule has 3 rings (SSSR count). The van der Waals surface area contributed by atoms with Gasteiger partial charge in [0, 0.05) is 21.2 Å². The van der Waals surface area contributed by atoms with Crippen molar-refractivity contribution in [2.75, 3.05) is 7.11 Å². The Labute approximate surface area is 143 Å². The summed E-state index contributed by atoms with van der Waals surface area (Å²) in [5.41, 5.74) is 2.85. The van der Waals surface area contributed by atoms with Gasteiger partial charge in [0.1, 0.15) is 17.2 Å². The predicted octanol–water partition coefficient (Wildman–Crippen LogP) is 5.31. The summed E-state index contributed by atoms with van der Waals surface area (Å²) in [6, 6.07) is 11.0. The van der Waals surface area contributed by atoms with Crippen molar-refractivity contribution in [1.29, 1.82) is 0 Å². The third-order valence-electron chi connectivity index (χ3n) is 4.10. The summed E-state index contributed by atoms with van der Waals surface area (Å²) >= 11 is 3.47. The average Bonchev–Trinajstić information content (AvgIpc) is 2.49. The summed E-state index contributed by atoms with van der Waals surface area (Å²) in [4.78, 5) is 0. The van der Waals surface area contributed by atoms with Gasteiger partial charge in [0.25, 0.3) is 0 Å². The fraction of sp³-hybridized carbons (Fsp3) is 0.158. The highest BCUT2D eigenvalue weighted by Gasteiger charge is 2.20. The van der Waals surface area contributed by atoms with Crippen molar-refractivity contribution in [3.63, 3.8) is 0 Å². The smallest absolute Gasteiger partial charge is 0.125 e. The topological polar surface area (TPSA) is 49.7 Å². The highest BCUT2D eigenvalue weighted by atomic mass is 79.9. The lowest BCUT2D eigenvalue weighted by Gasteiger charge is -2.18. The lowest BCUT2D eigenvalue weighted by atomic mass is 9.91. The number of aryl methyl sites for hydroxylation is 1. The molecule has 3 aromatic carbocycles. The molecule has 3 nitrogen and oxygen atoms in total. The van der Waals surface area contributed by atoms with Gasteiger partial charge in [0.2, 0.25) is 0 Å². The van der Waals surface area contributed by atoms with Gasteiger partial charge >= 0.3 is 0 Å². The molecule has 0 atom stereocenters. The molecule has 0 spiro atoms. The van der Waals surface area contributed by atoms with Crippen LogP contribution in [0.5, 0.6) is 17.2 Å². The van der Waals surface area contributed by atoms with E-state index in [2.05, 4.69) is 15.9 Å². The second-order valence-electron chi connectivity index (χ2n) is 5.57. The minimum atomic E-state index is 0.125. The molecule has 0 radical (unpaired) electrons. The first-order valence-electron chi connectivity index (χ1n) is 7.22. The van der Waals surface area contributed by atoms with Crippen LogP contribution in [-0.2, 0) is 0 Å². The van der Waals surface area contributed by atoms with E-state index in [-0.39, 0.29) is 11.5 Å². The molecule has 2 N–H and O–H groups in total. The average molecular weight is 373 g/mol. The van der Waals surface area contributed by atoms with Crippen LogP contribution in [0.3, 0.4) is 0 Å². The number of phenolic OH excluding ortho intramolecular Hbond substituents is 2. The van der Waals surface area contributed by atoms with Crippen LogP contribution in [0.15, 0.2) is 40.9 Å². The maximum atomic E-state index is 10.5. The van der Waals surface area contributed by atoms with Crippen LogP contribution in [0.4, 0.5) is 0 Å². The zero-order valence-corrected chi connectivity index (χ0v) is 14.7. The Balaban J connectivity index is 2.46. The van der Waals surface area contributed by atoms with Gasteiger partial charge < -0.3 is 14.9 Å². The van der Waals surface area contributed by atoms with E-state index in [4.69, 9.17) is 4.74 Å². The predicted molar refractivity (Wildman–Crippen MR) is 96.4 cm³/mol. The van der Waals surface area contributed by atoms with Crippen LogP contribution in [0, 0.1) is 13.8 Å². The SMILES string of the molecule is COc1c(C)cc(O)c(-c2c(O)ccc3ccc(Br)cc23)c1C. The van der Waals surface area contributed by atoms with Crippen LogP contribution in [0.1, 0.15) is 11.1 Å². The minimum absolute atomic E-state index is 0.125. The first kappa shape index (κ1) is 15.7. The van der Waals surface area contributed by atoms with Gasteiger partial charge in [-0.2, -0.15) is 0 Å². The number of fused-ring (bicyclic) bond motifs is 1. The molecule has 0 saturated carbocycles. The normalized spacial score (nSPS) is 11.0. The van der Waals surface area contributed by atoms with Crippen molar-refractivity contribution in [2.24, 2.45) is 0 Å². The third-order valence-corrected chi connectivity index (χ3v) is 4.59. The minimum Gasteiger partial charge on any atom is -0.507 e. The Bertz CT molecular complexity index is 911. The number of benzene rings is 3. The van der Waals surface area contributed by atoms with Crippen molar-refractivity contribution in [1.82, 2.24) is 0 Å². The zero-order chi connectivity index (χ0) is 16.7. The van der Waals surface area contributed by atoms with E-state index >= 15 is 0 Å².